The first kappa shape index (κ1) is 59.0. The minimum Gasteiger partial charge on any atom is -0.508 e. The van der Waals surface area contributed by atoms with Gasteiger partial charge in [-0.2, -0.15) is 9.97 Å². The Kier molecular flexibility index (Phi) is 14.3. The van der Waals surface area contributed by atoms with E-state index in [0.717, 1.165) is 23.6 Å². The van der Waals surface area contributed by atoms with Crippen LogP contribution >= 0.6 is 0 Å². The number of ether oxygens (including phenoxy) is 4. The fourth-order valence-corrected chi connectivity index (χ4v) is 15.2. The van der Waals surface area contributed by atoms with E-state index in [4.69, 9.17) is 35.3 Å². The van der Waals surface area contributed by atoms with Crippen molar-refractivity contribution in [3.63, 3.8) is 0 Å². The summed E-state index contributed by atoms with van der Waals surface area (Å²) in [4.78, 5) is 106. The third-order valence-electron chi connectivity index (χ3n) is 19.4. The molecule has 6 aliphatic heterocycles. The number of alkyl carbamates (subject to hydrolysis) is 1. The van der Waals surface area contributed by atoms with Crippen molar-refractivity contribution >= 4 is 68.2 Å². The molecule has 4 saturated heterocycles. The number of benzene rings is 3. The summed E-state index contributed by atoms with van der Waals surface area (Å²) in [6.45, 7) is 8.18. The summed E-state index contributed by atoms with van der Waals surface area (Å²) in [5, 5.41) is 17.5. The number of terminal acetylenes is 1. The molecule has 2 bridgehead atoms. The summed E-state index contributed by atoms with van der Waals surface area (Å²) in [6.07, 6.45) is 8.60. The van der Waals surface area contributed by atoms with E-state index in [1.807, 2.05) is 4.90 Å². The molecule has 1 aliphatic carbocycles. The lowest BCUT2D eigenvalue weighted by molar-refractivity contribution is -0.188. The van der Waals surface area contributed by atoms with Gasteiger partial charge >= 0.3 is 24.0 Å². The number of hydrogen-bond acceptors (Lipinski definition) is 17. The highest BCUT2D eigenvalue weighted by atomic mass is 19.1. The number of amides is 3. The quantitative estimate of drug-likeness (QED) is 0.0333. The van der Waals surface area contributed by atoms with Crippen molar-refractivity contribution in [3.05, 3.63) is 121 Å². The van der Waals surface area contributed by atoms with Gasteiger partial charge in [-0.3, -0.25) is 29.1 Å². The van der Waals surface area contributed by atoms with Crippen molar-refractivity contribution in [2.45, 2.75) is 121 Å². The van der Waals surface area contributed by atoms with E-state index in [-0.39, 0.29) is 125 Å². The molecule has 10 heterocycles. The number of phenols is 1. The van der Waals surface area contributed by atoms with Gasteiger partial charge in [0.05, 0.1) is 63.6 Å². The number of nitrogens with zero attached hydrogens (tertiary/aromatic N) is 8. The van der Waals surface area contributed by atoms with E-state index in [9.17, 15) is 38.3 Å². The van der Waals surface area contributed by atoms with Crippen LogP contribution in [0.3, 0.4) is 0 Å². The Morgan fingerprint density at radius 1 is 0.967 bits per heavy atom. The number of alkyl halides is 1. The molecule has 91 heavy (non-hydrogen) atoms. The lowest BCUT2D eigenvalue weighted by Crippen LogP contribution is -2.56. The molecule has 4 aromatic heterocycles. The molecule has 25 heteroatoms. The van der Waals surface area contributed by atoms with Gasteiger partial charge in [0.25, 0.3) is 11.5 Å². The maximum atomic E-state index is 17.4. The van der Waals surface area contributed by atoms with Gasteiger partial charge in [-0.25, -0.2) is 32.1 Å². The van der Waals surface area contributed by atoms with Crippen LogP contribution in [0.2, 0.25) is 0 Å². The van der Waals surface area contributed by atoms with Gasteiger partial charge in [-0.1, -0.05) is 25.5 Å². The standard InChI is InChI=1S/C66H60F4N10O11/c1-6-39-46(68)13-9-34-17-38(82)18-41(52(34)39)57-55(70)58-42(22-71-57)59(76-63(75-58)90-30-65-15-8-16-78(65)24-35(67)21-65)77-25-36-10-11-37(26-77)80(36)60(84)31(3)28-89-64(87)72-23-51(83)91-66(7-2)45-19-50-56-43(27-79(50)61(85)44(45)29-88-62(66)86)54-48(73-33(5)81)14-12-40-32(4)47(69)20-49(74-56)53(40)54/h1,9,13,17-20,22,35-37,48,82H,3,7-8,10-12,14-16,21,23-30H2,2,4-5H3,(H,72,87)(H,73,81)/t35-,36?,37?,48+,65+,66+/m1/s1. The largest absolute Gasteiger partial charge is 0.508 e. The summed E-state index contributed by atoms with van der Waals surface area (Å²) < 4.78 is 87.5. The second-order valence-corrected chi connectivity index (χ2v) is 24.6. The molecule has 21 nitrogen and oxygen atoms in total. The summed E-state index contributed by atoms with van der Waals surface area (Å²) >= 11 is 0. The average Bonchev–Trinajstić information content (AvgIpc) is 1.63. The van der Waals surface area contributed by atoms with E-state index >= 15 is 13.2 Å². The molecule has 7 aromatic rings. The van der Waals surface area contributed by atoms with E-state index in [2.05, 4.69) is 38.0 Å². The van der Waals surface area contributed by atoms with E-state index in [1.165, 1.54) is 42.0 Å². The zero-order valence-corrected chi connectivity index (χ0v) is 49.8. The number of rotatable bonds is 13. The first-order valence-corrected chi connectivity index (χ1v) is 30.2. The van der Waals surface area contributed by atoms with Crippen LogP contribution in [-0.4, -0.2) is 139 Å². The first-order valence-electron chi connectivity index (χ1n) is 30.2. The molecule has 0 radical (unpaired) electrons. The lowest BCUT2D eigenvalue weighted by Gasteiger charge is -2.42. The lowest BCUT2D eigenvalue weighted by atomic mass is 9.81. The van der Waals surface area contributed by atoms with Gasteiger partial charge in [0.2, 0.25) is 11.5 Å². The topological polar surface area (TPSA) is 250 Å². The third-order valence-corrected chi connectivity index (χ3v) is 19.4. The maximum absolute atomic E-state index is 17.4. The molecule has 7 aliphatic rings. The highest BCUT2D eigenvalue weighted by molar-refractivity contribution is 6.03. The van der Waals surface area contributed by atoms with Crippen LogP contribution in [-0.2, 0) is 58.6 Å². The number of carbonyl (C=O) groups excluding carboxylic acids is 5. The van der Waals surface area contributed by atoms with Gasteiger partial charge in [0.15, 0.2) is 5.82 Å². The van der Waals surface area contributed by atoms with Crippen LogP contribution in [0, 0.1) is 36.7 Å². The highest BCUT2D eigenvalue weighted by Crippen LogP contribution is 2.48. The number of carbonyl (C=O) groups is 5. The van der Waals surface area contributed by atoms with Gasteiger partial charge in [0.1, 0.15) is 66.9 Å². The summed E-state index contributed by atoms with van der Waals surface area (Å²) in [7, 11) is 0. The molecule has 2 unspecified atom stereocenters. The number of pyridine rings is 3. The van der Waals surface area contributed by atoms with Crippen molar-refractivity contribution in [3.8, 4) is 46.7 Å². The second kappa shape index (κ2) is 22.1. The zero-order chi connectivity index (χ0) is 63.7. The molecule has 3 amide bonds. The van der Waals surface area contributed by atoms with Gasteiger partial charge in [-0.15, -0.1) is 6.42 Å². The van der Waals surface area contributed by atoms with E-state index in [1.54, 1.807) is 24.8 Å². The van der Waals surface area contributed by atoms with Gasteiger partial charge in [0, 0.05) is 78.3 Å². The van der Waals surface area contributed by atoms with Crippen LogP contribution in [0.15, 0.2) is 59.5 Å². The fourth-order valence-electron chi connectivity index (χ4n) is 15.2. The monoisotopic (exact) mass is 1240 g/mol. The number of aromatic nitrogens is 5. The van der Waals surface area contributed by atoms with Crippen LogP contribution in [0.1, 0.15) is 104 Å². The Labute approximate surface area is 516 Å². The normalized spacial score (nSPS) is 22.7. The molecule has 6 atom stereocenters. The number of aromatic hydroxyl groups is 1. The summed E-state index contributed by atoms with van der Waals surface area (Å²) in [5.41, 5.74) is -0.370. The van der Waals surface area contributed by atoms with Crippen molar-refractivity contribution in [2.75, 3.05) is 50.8 Å². The number of halogens is 4. The van der Waals surface area contributed by atoms with E-state index < -0.39 is 102 Å². The molecule has 0 saturated carbocycles. The van der Waals surface area contributed by atoms with Crippen molar-refractivity contribution in [2.24, 2.45) is 0 Å². The first-order chi connectivity index (χ1) is 43.7. The molecule has 3 aromatic carbocycles. The zero-order valence-electron chi connectivity index (χ0n) is 49.8. The number of nitrogens with one attached hydrogen (secondary N) is 2. The number of esters is 2. The molecule has 468 valence electrons. The van der Waals surface area contributed by atoms with E-state index in [0.29, 0.717) is 71.8 Å². The van der Waals surface area contributed by atoms with Crippen LogP contribution in [0.4, 0.5) is 28.2 Å². The number of cyclic esters (lactones) is 1. The Bertz CT molecular complexity index is 4500. The highest BCUT2D eigenvalue weighted by Gasteiger charge is 2.52. The molecule has 14 rings (SSSR count). The van der Waals surface area contributed by atoms with Crippen LogP contribution in [0.5, 0.6) is 11.8 Å². The Balaban J connectivity index is 0.668. The van der Waals surface area contributed by atoms with Crippen molar-refractivity contribution in [1.82, 2.24) is 44.9 Å². The maximum Gasteiger partial charge on any atom is 0.407 e. The summed E-state index contributed by atoms with van der Waals surface area (Å²) in [6, 6.07) is 6.53. The van der Waals surface area contributed by atoms with Crippen LogP contribution in [0.25, 0.3) is 55.2 Å². The van der Waals surface area contributed by atoms with Gasteiger partial charge < -0.3 is 49.1 Å². The number of anilines is 1. The molecule has 3 N–H and O–H groups in total. The summed E-state index contributed by atoms with van der Waals surface area (Å²) in [5.74, 6) is -2.63. The Morgan fingerprint density at radius 3 is 2.52 bits per heavy atom. The number of fused-ring (bicyclic) bond motifs is 10. The smallest absolute Gasteiger partial charge is 0.407 e. The number of piperazine rings is 1. The predicted molar refractivity (Wildman–Crippen MR) is 321 cm³/mol. The fraction of sp³-hybridized carbons (Fsp3) is 0.394. The van der Waals surface area contributed by atoms with Gasteiger partial charge in [-0.05, 0) is 105 Å². The molecule has 4 fully saturated rings. The average molecular weight is 1250 g/mol. The number of hydrogen-bond donors (Lipinski definition) is 3. The van der Waals surface area contributed by atoms with Crippen molar-refractivity contribution in [1.29, 1.82) is 0 Å². The molecular weight excluding hydrogens is 1180 g/mol. The minimum absolute atomic E-state index is 0.0156. The molecule has 0 spiro atoms. The second-order valence-electron chi connectivity index (χ2n) is 24.6. The number of aryl methyl sites for hydroxylation is 1. The third kappa shape index (κ3) is 9.53. The molecular formula is C66H60F4N10O11. The van der Waals surface area contributed by atoms with Crippen molar-refractivity contribution < 1.29 is 65.6 Å². The Morgan fingerprint density at radius 2 is 1.76 bits per heavy atom. The Hall–Kier alpha value is -9.70. The SMILES string of the molecule is C#Cc1c(F)ccc2cc(O)cc(-c3ncc4c(N5CC6CCC(C5)N6C(=O)C(=C)COC(=O)NCC(=O)O[C@]5(CC)C(=O)OCc6c5cc5n(c6=O)Cc6c-5nc5cc(F)c(C)c7c5c6[C@@H](NC(C)=O)CC7)nc(OC[C@@]56CCCN5C[C@H](F)C6)nc4c3F)c12. The number of phenolic OH excluding ortho intramolecular Hbond substituents is 1. The predicted octanol–water partition coefficient (Wildman–Crippen LogP) is 7.44. The minimum atomic E-state index is -2.15. The van der Waals surface area contributed by atoms with Crippen LogP contribution < -0.4 is 25.8 Å².